The van der Waals surface area contributed by atoms with Gasteiger partial charge < -0.3 is 10.4 Å². The first-order valence-corrected chi connectivity index (χ1v) is 6.17. The van der Waals surface area contributed by atoms with Gasteiger partial charge >= 0.3 is 0 Å². The molecule has 0 unspecified atom stereocenters. The van der Waals surface area contributed by atoms with E-state index < -0.39 is 0 Å². The zero-order valence-electron chi connectivity index (χ0n) is 11.1. The van der Waals surface area contributed by atoms with Crippen LogP contribution >= 0.6 is 0 Å². The van der Waals surface area contributed by atoms with Crippen molar-refractivity contribution in [2.24, 2.45) is 0 Å². The predicted octanol–water partition coefficient (Wildman–Crippen LogP) is 0.992. The number of nitrogens with one attached hydrogen (secondary N) is 2. The van der Waals surface area contributed by atoms with Crippen molar-refractivity contribution in [2.45, 2.75) is 13.5 Å². The normalized spacial score (nSPS) is 9.70. The second kappa shape index (κ2) is 6.55. The maximum absolute atomic E-state index is 12.0. The third-order valence-corrected chi connectivity index (χ3v) is 2.81. The highest BCUT2D eigenvalue weighted by Crippen LogP contribution is 2.10. The average molecular weight is 269 g/mol. The molecule has 0 saturated heterocycles. The lowest BCUT2D eigenvalue weighted by Gasteiger charge is -2.05. The quantitative estimate of drug-likeness (QED) is 0.727. The Bertz CT molecular complexity index is 651. The summed E-state index contributed by atoms with van der Waals surface area (Å²) in [6.45, 7) is 2.13. The summed E-state index contributed by atoms with van der Waals surface area (Å²) in [6.07, 6.45) is 3.39. The zero-order chi connectivity index (χ0) is 14.4. The molecule has 102 valence electrons. The number of aromatic nitrogens is 2. The topological polar surface area (TPSA) is 78.0 Å². The highest BCUT2D eigenvalue weighted by Gasteiger charge is 2.07. The van der Waals surface area contributed by atoms with E-state index >= 15 is 0 Å². The van der Waals surface area contributed by atoms with Gasteiger partial charge in [-0.15, -0.1) is 0 Å². The fourth-order valence-electron chi connectivity index (χ4n) is 1.69. The molecule has 3 N–H and O–H groups in total. The summed E-state index contributed by atoms with van der Waals surface area (Å²) in [5.41, 5.74) is 3.17. The molecule has 2 rings (SSSR count). The first kappa shape index (κ1) is 13.8. The minimum atomic E-state index is -0.198. The lowest BCUT2D eigenvalue weighted by Crippen LogP contribution is -2.22. The zero-order valence-corrected chi connectivity index (χ0v) is 11.1. The minimum Gasteiger partial charge on any atom is -0.384 e. The molecule has 0 aliphatic carbocycles. The minimum absolute atomic E-state index is 0.168. The van der Waals surface area contributed by atoms with Crippen LogP contribution in [0, 0.1) is 18.8 Å². The highest BCUT2D eigenvalue weighted by atomic mass is 16.2. The van der Waals surface area contributed by atoms with Gasteiger partial charge in [-0.2, -0.15) is 5.10 Å². The van der Waals surface area contributed by atoms with Crippen LogP contribution in [-0.2, 0) is 6.54 Å². The summed E-state index contributed by atoms with van der Waals surface area (Å²) < 4.78 is 0. The van der Waals surface area contributed by atoms with E-state index in [2.05, 4.69) is 27.4 Å². The number of aromatic amines is 1. The maximum atomic E-state index is 12.0. The van der Waals surface area contributed by atoms with E-state index in [9.17, 15) is 4.79 Å². The first-order chi connectivity index (χ1) is 9.70. The molecule has 5 nitrogen and oxygen atoms in total. The Morgan fingerprint density at radius 3 is 3.05 bits per heavy atom. The summed E-state index contributed by atoms with van der Waals surface area (Å²) in [5, 5.41) is 18.0. The Morgan fingerprint density at radius 1 is 1.50 bits per heavy atom. The molecule has 0 atom stereocenters. The van der Waals surface area contributed by atoms with Crippen LogP contribution in [0.5, 0.6) is 0 Å². The van der Waals surface area contributed by atoms with E-state index in [0.717, 1.165) is 16.7 Å². The summed E-state index contributed by atoms with van der Waals surface area (Å²) in [4.78, 5) is 12.0. The number of aryl methyl sites for hydroxylation is 1. The van der Waals surface area contributed by atoms with Crippen LogP contribution in [0.1, 0.15) is 27.0 Å². The number of aliphatic hydroxyl groups is 1. The molecule has 20 heavy (non-hydrogen) atoms. The van der Waals surface area contributed by atoms with Crippen molar-refractivity contribution in [1.82, 2.24) is 15.5 Å². The molecule has 1 aromatic heterocycles. The van der Waals surface area contributed by atoms with Gasteiger partial charge in [0.05, 0.1) is 6.20 Å². The average Bonchev–Trinajstić information content (AvgIpc) is 2.97. The van der Waals surface area contributed by atoms with Crippen molar-refractivity contribution in [3.05, 3.63) is 52.8 Å². The Kier molecular flexibility index (Phi) is 4.53. The monoisotopic (exact) mass is 269 g/mol. The standard InChI is InChI=1S/C15H15N3O2/c1-11-4-5-14(7-13(11)3-2-6-19)15(20)16-8-12-9-17-18-10-12/h4-5,7,9-10,19H,6,8H2,1H3,(H,16,20)(H,17,18). The molecule has 0 spiro atoms. The van der Waals surface area contributed by atoms with Gasteiger partial charge in [0.2, 0.25) is 0 Å². The van der Waals surface area contributed by atoms with Crippen molar-refractivity contribution in [3.8, 4) is 11.8 Å². The van der Waals surface area contributed by atoms with Gasteiger partial charge in [0.1, 0.15) is 6.61 Å². The van der Waals surface area contributed by atoms with Gasteiger partial charge in [0.15, 0.2) is 0 Å². The molecule has 0 bridgehead atoms. The molecule has 2 aromatic rings. The Labute approximate surface area is 117 Å². The van der Waals surface area contributed by atoms with Crippen molar-refractivity contribution < 1.29 is 9.90 Å². The third-order valence-electron chi connectivity index (χ3n) is 2.81. The van der Waals surface area contributed by atoms with Crippen molar-refractivity contribution in [2.75, 3.05) is 6.61 Å². The number of carbonyl (C=O) groups is 1. The van der Waals surface area contributed by atoms with E-state index in [0.29, 0.717) is 12.1 Å². The first-order valence-electron chi connectivity index (χ1n) is 6.17. The smallest absolute Gasteiger partial charge is 0.251 e. The molecule has 0 radical (unpaired) electrons. The van der Waals surface area contributed by atoms with Crippen LogP contribution in [0.3, 0.4) is 0 Å². The van der Waals surface area contributed by atoms with Crippen molar-refractivity contribution in [1.29, 1.82) is 0 Å². The number of aliphatic hydroxyl groups excluding tert-OH is 1. The highest BCUT2D eigenvalue weighted by molar-refractivity contribution is 5.94. The van der Waals surface area contributed by atoms with Crippen LogP contribution in [0.4, 0.5) is 0 Å². The summed E-state index contributed by atoms with van der Waals surface area (Å²) in [6, 6.07) is 5.32. The number of carbonyl (C=O) groups excluding carboxylic acids is 1. The molecule has 0 aliphatic heterocycles. The van der Waals surface area contributed by atoms with Crippen LogP contribution in [0.25, 0.3) is 0 Å². The second-order valence-corrected chi connectivity index (χ2v) is 4.28. The Morgan fingerprint density at radius 2 is 2.35 bits per heavy atom. The molecule has 0 fully saturated rings. The largest absolute Gasteiger partial charge is 0.384 e. The fourth-order valence-corrected chi connectivity index (χ4v) is 1.69. The summed E-state index contributed by atoms with van der Waals surface area (Å²) >= 11 is 0. The van der Waals surface area contributed by atoms with E-state index in [1.807, 2.05) is 13.0 Å². The number of hydrogen-bond acceptors (Lipinski definition) is 3. The molecular weight excluding hydrogens is 254 g/mol. The fraction of sp³-hybridized carbons (Fsp3) is 0.200. The number of amides is 1. The van der Waals surface area contributed by atoms with Gasteiger partial charge in [-0.3, -0.25) is 9.89 Å². The second-order valence-electron chi connectivity index (χ2n) is 4.28. The number of H-pyrrole nitrogens is 1. The maximum Gasteiger partial charge on any atom is 0.251 e. The van der Waals surface area contributed by atoms with Gasteiger partial charge in [0.25, 0.3) is 5.91 Å². The Balaban J connectivity index is 2.09. The van der Waals surface area contributed by atoms with Crippen LogP contribution in [0.15, 0.2) is 30.6 Å². The summed E-state index contributed by atoms with van der Waals surface area (Å²) in [5.74, 6) is 5.25. The van der Waals surface area contributed by atoms with Crippen LogP contribution in [-0.4, -0.2) is 27.8 Å². The van der Waals surface area contributed by atoms with Crippen molar-refractivity contribution in [3.63, 3.8) is 0 Å². The van der Waals surface area contributed by atoms with E-state index in [1.54, 1.807) is 24.5 Å². The van der Waals surface area contributed by atoms with E-state index in [4.69, 9.17) is 5.11 Å². The predicted molar refractivity (Wildman–Crippen MR) is 74.9 cm³/mol. The number of rotatable bonds is 3. The SMILES string of the molecule is Cc1ccc(C(=O)NCc2cn[nH]c2)cc1C#CCO. The van der Waals surface area contributed by atoms with E-state index in [1.165, 1.54) is 0 Å². The Hall–Kier alpha value is -2.58. The number of hydrogen-bond donors (Lipinski definition) is 3. The molecule has 5 heteroatoms. The molecule has 1 heterocycles. The molecule has 0 saturated carbocycles. The lowest BCUT2D eigenvalue weighted by atomic mass is 10.0. The van der Waals surface area contributed by atoms with Crippen molar-refractivity contribution >= 4 is 5.91 Å². The van der Waals surface area contributed by atoms with Crippen LogP contribution in [0.2, 0.25) is 0 Å². The molecule has 1 aromatic carbocycles. The van der Waals surface area contributed by atoms with Crippen LogP contribution < -0.4 is 5.32 Å². The molecule has 0 aliphatic rings. The lowest BCUT2D eigenvalue weighted by molar-refractivity contribution is 0.0951. The third kappa shape index (κ3) is 3.46. The van der Waals surface area contributed by atoms with Gasteiger partial charge in [0, 0.05) is 29.4 Å². The van der Waals surface area contributed by atoms with Gasteiger partial charge in [-0.25, -0.2) is 0 Å². The summed E-state index contributed by atoms with van der Waals surface area (Å²) in [7, 11) is 0. The number of nitrogens with zero attached hydrogens (tertiary/aromatic N) is 1. The molecular formula is C15H15N3O2. The van der Waals surface area contributed by atoms with Gasteiger partial charge in [-0.05, 0) is 24.6 Å². The molecule has 1 amide bonds. The van der Waals surface area contributed by atoms with Gasteiger partial charge in [-0.1, -0.05) is 17.9 Å². The van der Waals surface area contributed by atoms with E-state index in [-0.39, 0.29) is 12.5 Å². The number of benzene rings is 1.